The van der Waals surface area contributed by atoms with Gasteiger partial charge in [0.25, 0.3) is 5.91 Å². The molecule has 0 fully saturated rings. The first-order chi connectivity index (χ1) is 18.4. The summed E-state index contributed by atoms with van der Waals surface area (Å²) in [6, 6.07) is 22.2. The van der Waals surface area contributed by atoms with Crippen LogP contribution in [-0.4, -0.2) is 47.2 Å². The van der Waals surface area contributed by atoms with E-state index in [2.05, 4.69) is 10.3 Å². The van der Waals surface area contributed by atoms with E-state index in [1.807, 2.05) is 54.6 Å². The number of ether oxygens (including phenoxy) is 2. The van der Waals surface area contributed by atoms with Crippen LogP contribution in [0.4, 0.5) is 5.69 Å². The Morgan fingerprint density at radius 2 is 1.79 bits per heavy atom. The molecule has 0 unspecified atom stereocenters. The molecule has 0 saturated carbocycles. The van der Waals surface area contributed by atoms with Crippen molar-refractivity contribution in [2.75, 3.05) is 19.5 Å². The van der Waals surface area contributed by atoms with Crippen molar-refractivity contribution >= 4 is 51.7 Å². The lowest BCUT2D eigenvalue weighted by Gasteiger charge is -2.23. The molecule has 194 valence electrons. The van der Waals surface area contributed by atoms with Crippen LogP contribution in [0, 0.1) is 0 Å². The summed E-state index contributed by atoms with van der Waals surface area (Å²) in [4.78, 5) is 29.9. The Bertz CT molecular complexity index is 1410. The van der Waals surface area contributed by atoms with Gasteiger partial charge in [0.1, 0.15) is 16.7 Å². The fourth-order valence-corrected chi connectivity index (χ4v) is 5.50. The van der Waals surface area contributed by atoms with Gasteiger partial charge in [0, 0.05) is 17.9 Å². The van der Waals surface area contributed by atoms with E-state index < -0.39 is 5.25 Å². The zero-order valence-electron chi connectivity index (χ0n) is 20.8. The number of nitrogens with one attached hydrogen (secondary N) is 1. The number of anilines is 1. The van der Waals surface area contributed by atoms with E-state index in [4.69, 9.17) is 26.2 Å². The quantitative estimate of drug-likeness (QED) is 0.417. The Morgan fingerprint density at radius 1 is 1.05 bits per heavy atom. The van der Waals surface area contributed by atoms with Gasteiger partial charge < -0.3 is 14.8 Å². The van der Waals surface area contributed by atoms with Crippen LogP contribution in [-0.2, 0) is 9.59 Å². The fraction of sp³-hybridized carbons (Fsp3) is 0.214. The first-order valence-electron chi connectivity index (χ1n) is 11.9. The summed E-state index contributed by atoms with van der Waals surface area (Å²) < 4.78 is 10.6. The van der Waals surface area contributed by atoms with Gasteiger partial charge in [-0.1, -0.05) is 59.8 Å². The monoisotopic (exact) mass is 548 g/mol. The average molecular weight is 549 g/mol. The number of nitrogens with zero attached hydrogens (tertiary/aromatic N) is 3. The average Bonchev–Trinajstić information content (AvgIpc) is 3.53. The van der Waals surface area contributed by atoms with Crippen molar-refractivity contribution in [2.45, 2.75) is 24.1 Å². The second kappa shape index (κ2) is 11.3. The zero-order chi connectivity index (χ0) is 26.6. The number of halogens is 1. The summed E-state index contributed by atoms with van der Waals surface area (Å²) in [7, 11) is 3.16. The summed E-state index contributed by atoms with van der Waals surface area (Å²) in [6.07, 6.45) is 0.587. The third-order valence-corrected chi connectivity index (χ3v) is 7.66. The summed E-state index contributed by atoms with van der Waals surface area (Å²) in [5.41, 5.74) is 3.35. The van der Waals surface area contributed by atoms with Gasteiger partial charge in [-0.25, -0.2) is 5.01 Å². The second-order valence-corrected chi connectivity index (χ2v) is 10.3. The number of hydrogen-bond acceptors (Lipinski definition) is 7. The van der Waals surface area contributed by atoms with E-state index in [-0.39, 0.29) is 24.3 Å². The van der Waals surface area contributed by atoms with Crippen molar-refractivity contribution in [1.29, 1.82) is 0 Å². The summed E-state index contributed by atoms with van der Waals surface area (Å²) in [6.45, 7) is 0. The van der Waals surface area contributed by atoms with Crippen molar-refractivity contribution < 1.29 is 19.1 Å². The van der Waals surface area contributed by atoms with Crippen molar-refractivity contribution in [1.82, 2.24) is 5.01 Å². The van der Waals surface area contributed by atoms with E-state index in [1.54, 1.807) is 30.3 Å². The smallest absolute Gasteiger partial charge is 0.262 e. The molecule has 8 nitrogen and oxygen atoms in total. The van der Waals surface area contributed by atoms with Crippen LogP contribution < -0.4 is 14.8 Å². The number of aliphatic imine (C=N–C) groups is 1. The Labute approximate surface area is 229 Å². The van der Waals surface area contributed by atoms with Crippen molar-refractivity contribution in [2.24, 2.45) is 10.1 Å². The van der Waals surface area contributed by atoms with Gasteiger partial charge >= 0.3 is 0 Å². The third kappa shape index (κ3) is 5.54. The van der Waals surface area contributed by atoms with E-state index in [0.717, 1.165) is 22.6 Å². The Hall–Kier alpha value is -3.82. The molecular formula is C28H25ClN4O4S. The molecule has 2 amide bonds. The lowest BCUT2D eigenvalue weighted by molar-refractivity contribution is -0.121. The highest BCUT2D eigenvalue weighted by atomic mass is 35.5. The van der Waals surface area contributed by atoms with Crippen LogP contribution in [0.2, 0.25) is 5.02 Å². The van der Waals surface area contributed by atoms with Gasteiger partial charge in [-0.2, -0.15) is 10.1 Å². The molecule has 2 atom stereocenters. The van der Waals surface area contributed by atoms with E-state index in [0.29, 0.717) is 28.0 Å². The normalized spacial score (nSPS) is 18.7. The molecule has 10 heteroatoms. The minimum Gasteiger partial charge on any atom is -0.497 e. The Morgan fingerprint density at radius 3 is 2.50 bits per heavy atom. The van der Waals surface area contributed by atoms with Crippen molar-refractivity contribution in [3.05, 3.63) is 88.9 Å². The molecule has 3 aromatic rings. The number of carbonyl (C=O) groups is 2. The van der Waals surface area contributed by atoms with E-state index in [1.165, 1.54) is 18.9 Å². The molecule has 2 heterocycles. The highest BCUT2D eigenvalue weighted by molar-refractivity contribution is 8.15. The third-order valence-electron chi connectivity index (χ3n) is 6.27. The van der Waals surface area contributed by atoms with Crippen molar-refractivity contribution in [3.8, 4) is 11.5 Å². The number of methoxy groups -OCH3 is 2. The molecule has 5 rings (SSSR count). The number of benzene rings is 3. The second-order valence-electron chi connectivity index (χ2n) is 8.68. The van der Waals surface area contributed by atoms with Gasteiger partial charge in [-0.15, -0.1) is 0 Å². The number of amidine groups is 1. The van der Waals surface area contributed by atoms with Gasteiger partial charge in [0.15, 0.2) is 5.17 Å². The van der Waals surface area contributed by atoms with Crippen LogP contribution >= 0.6 is 23.4 Å². The number of hydrazone groups is 1. The van der Waals surface area contributed by atoms with Gasteiger partial charge in [-0.3, -0.25) is 9.59 Å². The first-order valence-corrected chi connectivity index (χ1v) is 13.2. The van der Waals surface area contributed by atoms with Gasteiger partial charge in [0.05, 0.1) is 31.7 Å². The standard InChI is InChI=1S/C28H25ClN4O4S/c1-36-20-13-9-18(10-14-20)23-15-22(17-7-11-19(29)12-8-17)32-33(23)28-31-27(35)25(38-28)16-26(34)30-21-5-3-4-6-24(21)37-2/h3-14,23,25H,15-16H2,1-2H3,(H,30,34)/t23-,25-/m0/s1. The zero-order valence-corrected chi connectivity index (χ0v) is 22.3. The molecule has 0 radical (unpaired) electrons. The van der Waals surface area contributed by atoms with Gasteiger partial charge in [-0.05, 0) is 47.5 Å². The first kappa shape index (κ1) is 25.8. The number of thioether (sulfide) groups is 1. The van der Waals surface area contributed by atoms with Crippen LogP contribution in [0.25, 0.3) is 0 Å². The highest BCUT2D eigenvalue weighted by Crippen LogP contribution is 2.39. The number of carbonyl (C=O) groups excluding carboxylic acids is 2. The largest absolute Gasteiger partial charge is 0.497 e. The topological polar surface area (TPSA) is 92.6 Å². The van der Waals surface area contributed by atoms with E-state index >= 15 is 0 Å². The molecule has 2 aliphatic rings. The predicted octanol–water partition coefficient (Wildman–Crippen LogP) is 5.54. The van der Waals surface area contributed by atoms with Gasteiger partial charge in [0.2, 0.25) is 5.91 Å². The molecule has 0 bridgehead atoms. The molecule has 3 aromatic carbocycles. The van der Waals surface area contributed by atoms with Crippen LogP contribution in [0.5, 0.6) is 11.5 Å². The maximum Gasteiger partial charge on any atom is 0.262 e. The summed E-state index contributed by atoms with van der Waals surface area (Å²) in [5.74, 6) is 0.645. The van der Waals surface area contributed by atoms with E-state index in [9.17, 15) is 9.59 Å². The Balaban J connectivity index is 1.35. The van der Waals surface area contributed by atoms with Crippen molar-refractivity contribution in [3.63, 3.8) is 0 Å². The summed E-state index contributed by atoms with van der Waals surface area (Å²) >= 11 is 7.34. The fourth-order valence-electron chi connectivity index (χ4n) is 4.31. The molecule has 2 aliphatic heterocycles. The maximum atomic E-state index is 12.8. The lowest BCUT2D eigenvalue weighted by Crippen LogP contribution is -2.25. The molecule has 0 aromatic heterocycles. The van der Waals surface area contributed by atoms with Crippen LogP contribution in [0.15, 0.2) is 82.9 Å². The molecule has 0 aliphatic carbocycles. The number of hydrogen-bond donors (Lipinski definition) is 1. The Kier molecular flexibility index (Phi) is 7.67. The minimum atomic E-state index is -0.647. The highest BCUT2D eigenvalue weighted by Gasteiger charge is 2.39. The molecular weight excluding hydrogens is 524 g/mol. The summed E-state index contributed by atoms with van der Waals surface area (Å²) in [5, 5.41) is 9.94. The number of para-hydroxylation sites is 2. The van der Waals surface area contributed by atoms with Crippen LogP contribution in [0.3, 0.4) is 0 Å². The SMILES string of the molecule is COc1ccc([C@@H]2CC(c3ccc(Cl)cc3)=NN2C2=NC(=O)[C@H](CC(=O)Nc3ccccc3OC)S2)cc1. The predicted molar refractivity (Wildman–Crippen MR) is 150 cm³/mol. The van der Waals surface area contributed by atoms with Crippen LogP contribution in [0.1, 0.15) is 30.0 Å². The molecule has 38 heavy (non-hydrogen) atoms. The number of rotatable bonds is 7. The molecule has 1 N–H and O–H groups in total. The molecule has 0 saturated heterocycles. The maximum absolute atomic E-state index is 12.8. The minimum absolute atomic E-state index is 0.0245. The number of amides is 2. The lowest BCUT2D eigenvalue weighted by atomic mass is 9.98. The molecule has 0 spiro atoms.